The van der Waals surface area contributed by atoms with E-state index in [0.717, 1.165) is 39.9 Å². The van der Waals surface area contributed by atoms with Crippen LogP contribution in [-0.2, 0) is 0 Å². The lowest BCUT2D eigenvalue weighted by Gasteiger charge is -2.32. The Morgan fingerprint density at radius 1 is 1.21 bits per heavy atom. The maximum Gasteiger partial charge on any atom is 0.125 e. The Morgan fingerprint density at radius 2 is 2.07 bits per heavy atom. The first-order valence-corrected chi connectivity index (χ1v) is 11.1. The second kappa shape index (κ2) is 8.59. The topological polar surface area (TPSA) is 45.2 Å². The zero-order chi connectivity index (χ0) is 20.4. The zero-order valence-electron chi connectivity index (χ0n) is 17.7. The molecule has 152 valence electrons. The van der Waals surface area contributed by atoms with Gasteiger partial charge < -0.3 is 9.80 Å². The van der Waals surface area contributed by atoms with Gasteiger partial charge in [-0.05, 0) is 71.1 Å². The van der Waals surface area contributed by atoms with Crippen molar-refractivity contribution in [2.24, 2.45) is 0 Å². The molecule has 1 aliphatic heterocycles. The molecule has 0 saturated carbocycles. The van der Waals surface area contributed by atoms with Gasteiger partial charge in [0, 0.05) is 37.5 Å². The van der Waals surface area contributed by atoms with Crippen LogP contribution >= 0.6 is 11.3 Å². The fourth-order valence-electron chi connectivity index (χ4n) is 4.01. The second-order valence-corrected chi connectivity index (χ2v) is 9.13. The summed E-state index contributed by atoms with van der Waals surface area (Å²) in [7, 11) is 6.46. The van der Waals surface area contributed by atoms with E-state index in [9.17, 15) is 0 Å². The number of aryl methyl sites for hydroxylation is 1. The van der Waals surface area contributed by atoms with Crippen LogP contribution in [0.2, 0.25) is 0 Å². The Labute approximate surface area is 177 Å². The summed E-state index contributed by atoms with van der Waals surface area (Å²) in [6.45, 7) is 4.31. The number of hydrogen-bond donors (Lipinski definition) is 0. The van der Waals surface area contributed by atoms with Crippen molar-refractivity contribution in [2.45, 2.75) is 32.1 Å². The Balaban J connectivity index is 1.65. The number of rotatable bonds is 6. The van der Waals surface area contributed by atoms with E-state index in [1.807, 2.05) is 12.3 Å². The molecule has 3 aromatic rings. The van der Waals surface area contributed by atoms with Crippen LogP contribution in [0.5, 0.6) is 0 Å². The van der Waals surface area contributed by atoms with Gasteiger partial charge in [0.25, 0.3) is 0 Å². The van der Waals surface area contributed by atoms with Crippen LogP contribution in [-0.4, -0.2) is 54.1 Å². The van der Waals surface area contributed by atoms with Crippen LogP contribution in [0.25, 0.3) is 21.1 Å². The molecule has 4 rings (SSSR count). The van der Waals surface area contributed by atoms with Crippen LogP contribution in [0.3, 0.4) is 0 Å². The van der Waals surface area contributed by atoms with Crippen LogP contribution in [0, 0.1) is 6.92 Å². The Hall–Kier alpha value is -2.31. The van der Waals surface area contributed by atoms with Crippen molar-refractivity contribution >= 4 is 17.0 Å². The van der Waals surface area contributed by atoms with Crippen molar-refractivity contribution in [1.29, 1.82) is 0 Å². The van der Waals surface area contributed by atoms with Gasteiger partial charge >= 0.3 is 0 Å². The normalized spacial score (nSPS) is 16.3. The lowest BCUT2D eigenvalue weighted by atomic mass is 9.90. The van der Waals surface area contributed by atoms with E-state index in [1.165, 1.54) is 30.6 Å². The summed E-state index contributed by atoms with van der Waals surface area (Å²) < 4.78 is 0. The van der Waals surface area contributed by atoms with Crippen LogP contribution in [0.4, 0.5) is 5.69 Å². The highest BCUT2D eigenvalue weighted by Gasteiger charge is 2.26. The number of pyridine rings is 2. The van der Waals surface area contributed by atoms with Crippen molar-refractivity contribution in [1.82, 2.24) is 19.9 Å². The van der Waals surface area contributed by atoms with Gasteiger partial charge in [-0.15, -0.1) is 11.3 Å². The molecule has 29 heavy (non-hydrogen) atoms. The first-order valence-electron chi connectivity index (χ1n) is 10.3. The molecule has 6 heteroatoms. The Bertz CT molecular complexity index is 967. The van der Waals surface area contributed by atoms with Crippen molar-refractivity contribution in [3.8, 4) is 21.1 Å². The van der Waals surface area contributed by atoms with Gasteiger partial charge in [0.15, 0.2) is 0 Å². The van der Waals surface area contributed by atoms with Gasteiger partial charge in [-0.2, -0.15) is 0 Å². The molecule has 0 bridgehead atoms. The number of aromatic nitrogens is 3. The minimum Gasteiger partial charge on any atom is -0.373 e. The molecular formula is C23H29N5S. The van der Waals surface area contributed by atoms with E-state index < -0.39 is 0 Å². The summed E-state index contributed by atoms with van der Waals surface area (Å²) in [4.78, 5) is 20.0. The number of fused-ring (bicyclic) bond motifs is 1. The molecule has 0 fully saturated rings. The third kappa shape index (κ3) is 4.33. The van der Waals surface area contributed by atoms with Crippen molar-refractivity contribution < 1.29 is 0 Å². The van der Waals surface area contributed by atoms with Crippen LogP contribution < -0.4 is 4.90 Å². The Kier molecular flexibility index (Phi) is 5.92. The molecule has 0 N–H and O–H groups in total. The molecule has 5 nitrogen and oxygen atoms in total. The third-order valence-corrected chi connectivity index (χ3v) is 6.84. The van der Waals surface area contributed by atoms with Crippen molar-refractivity contribution in [2.75, 3.05) is 39.1 Å². The maximum atomic E-state index is 5.18. The summed E-state index contributed by atoms with van der Waals surface area (Å²) in [5, 5.41) is 1.00. The number of anilines is 1. The molecule has 0 amide bonds. The van der Waals surface area contributed by atoms with Crippen molar-refractivity contribution in [3.05, 3.63) is 48.0 Å². The lowest BCUT2D eigenvalue weighted by Crippen LogP contribution is -2.28. The van der Waals surface area contributed by atoms with E-state index in [2.05, 4.69) is 61.0 Å². The average Bonchev–Trinajstić information content (AvgIpc) is 3.11. The highest BCUT2D eigenvalue weighted by atomic mass is 32.1. The van der Waals surface area contributed by atoms with Gasteiger partial charge in [-0.25, -0.2) is 9.97 Å². The highest BCUT2D eigenvalue weighted by Crippen LogP contribution is 2.40. The molecule has 0 aliphatic carbocycles. The van der Waals surface area contributed by atoms with Crippen LogP contribution in [0.1, 0.15) is 36.6 Å². The van der Waals surface area contributed by atoms with Gasteiger partial charge in [0.05, 0.1) is 27.6 Å². The quantitative estimate of drug-likeness (QED) is 0.585. The largest absolute Gasteiger partial charge is 0.373 e. The van der Waals surface area contributed by atoms with Gasteiger partial charge in [0.1, 0.15) is 5.01 Å². The molecule has 0 spiro atoms. The van der Waals surface area contributed by atoms with E-state index in [4.69, 9.17) is 9.97 Å². The van der Waals surface area contributed by atoms with Gasteiger partial charge in [-0.3, -0.25) is 4.98 Å². The predicted molar refractivity (Wildman–Crippen MR) is 122 cm³/mol. The molecule has 1 aliphatic rings. The first kappa shape index (κ1) is 20.0. The van der Waals surface area contributed by atoms with E-state index >= 15 is 0 Å². The molecule has 0 saturated heterocycles. The van der Waals surface area contributed by atoms with Crippen LogP contribution in [0.15, 0.2) is 36.7 Å². The van der Waals surface area contributed by atoms with Crippen molar-refractivity contribution in [3.63, 3.8) is 0 Å². The fourth-order valence-corrected chi connectivity index (χ4v) is 5.03. The van der Waals surface area contributed by atoms with E-state index in [0.29, 0.717) is 5.92 Å². The molecular weight excluding hydrogens is 378 g/mol. The number of thiazole rings is 1. The first-order chi connectivity index (χ1) is 14.0. The summed E-state index contributed by atoms with van der Waals surface area (Å²) in [6.07, 6.45) is 7.24. The maximum absolute atomic E-state index is 5.18. The number of hydrogen-bond acceptors (Lipinski definition) is 6. The minimum absolute atomic E-state index is 0.534. The average molecular weight is 408 g/mol. The smallest absolute Gasteiger partial charge is 0.125 e. The molecule has 1 unspecified atom stereocenters. The SMILES string of the molecule is Cc1nc(-c2cccnc2)sc1-c1ccc2c(n1)C(CCCN(C)C)CCN2C. The molecule has 4 heterocycles. The lowest BCUT2D eigenvalue weighted by molar-refractivity contribution is 0.379. The minimum atomic E-state index is 0.534. The standard InChI is InChI=1S/C23H29N5S/c1-16-22(29-23(25-16)18-7-5-12-24-15-18)19-9-10-20-21(26-19)17(11-14-28(20)4)8-6-13-27(2)3/h5,7,9-10,12,15,17H,6,8,11,13-14H2,1-4H3. The monoisotopic (exact) mass is 407 g/mol. The highest BCUT2D eigenvalue weighted by molar-refractivity contribution is 7.18. The second-order valence-electron chi connectivity index (χ2n) is 8.13. The molecule has 0 radical (unpaired) electrons. The zero-order valence-corrected chi connectivity index (χ0v) is 18.5. The molecule has 3 aromatic heterocycles. The van der Waals surface area contributed by atoms with Gasteiger partial charge in [-0.1, -0.05) is 0 Å². The summed E-state index contributed by atoms with van der Waals surface area (Å²) in [6, 6.07) is 8.42. The summed E-state index contributed by atoms with van der Waals surface area (Å²) >= 11 is 1.71. The predicted octanol–water partition coefficient (Wildman–Crippen LogP) is 4.84. The number of nitrogens with zero attached hydrogens (tertiary/aromatic N) is 5. The Morgan fingerprint density at radius 3 is 2.83 bits per heavy atom. The van der Waals surface area contributed by atoms with Gasteiger partial charge in [0.2, 0.25) is 0 Å². The summed E-state index contributed by atoms with van der Waals surface area (Å²) in [5.41, 5.74) is 5.68. The van der Waals surface area contributed by atoms with E-state index in [1.54, 1.807) is 17.5 Å². The van der Waals surface area contributed by atoms with E-state index in [-0.39, 0.29) is 0 Å². The fraction of sp³-hybridized carbons (Fsp3) is 0.435. The summed E-state index contributed by atoms with van der Waals surface area (Å²) in [5.74, 6) is 0.534. The molecule has 1 atom stereocenters. The molecule has 0 aromatic carbocycles. The third-order valence-electron chi connectivity index (χ3n) is 5.61.